The van der Waals surface area contributed by atoms with Gasteiger partial charge in [-0.3, -0.25) is 14.4 Å². The van der Waals surface area contributed by atoms with Crippen LogP contribution in [-0.4, -0.2) is 28.6 Å². The zero-order chi connectivity index (χ0) is 16.9. The zero-order valence-electron chi connectivity index (χ0n) is 12.7. The molecule has 0 aromatic heterocycles. The molecule has 1 aromatic carbocycles. The Kier molecular flexibility index (Phi) is 5.65. The zero-order valence-corrected chi connectivity index (χ0v) is 13.5. The summed E-state index contributed by atoms with van der Waals surface area (Å²) in [6.45, 7) is 0. The highest BCUT2D eigenvalue weighted by Crippen LogP contribution is 2.44. The minimum atomic E-state index is -0.905. The normalized spacial score (nSPS) is 15.5. The van der Waals surface area contributed by atoms with E-state index >= 15 is 0 Å². The van der Waals surface area contributed by atoms with Crippen LogP contribution in [0.2, 0.25) is 0 Å². The van der Waals surface area contributed by atoms with Gasteiger partial charge in [0.2, 0.25) is 11.8 Å². The smallest absolute Gasteiger partial charge is 0.310 e. The van der Waals surface area contributed by atoms with Crippen molar-refractivity contribution in [1.29, 1.82) is 0 Å². The molecule has 0 unspecified atom stereocenters. The Morgan fingerprint density at radius 1 is 1.26 bits per heavy atom. The van der Waals surface area contributed by atoms with Crippen LogP contribution in [0, 0.1) is 5.41 Å². The summed E-state index contributed by atoms with van der Waals surface area (Å²) in [5.74, 6) is -1.04. The highest BCUT2D eigenvalue weighted by Gasteiger charge is 2.45. The Labute approximate surface area is 138 Å². The molecule has 0 atom stereocenters. The molecule has 0 aliphatic heterocycles. The van der Waals surface area contributed by atoms with Crippen molar-refractivity contribution in [2.45, 2.75) is 37.0 Å². The summed E-state index contributed by atoms with van der Waals surface area (Å²) in [5, 5.41) is 12.1. The summed E-state index contributed by atoms with van der Waals surface area (Å²) in [6.07, 6.45) is 2.19. The van der Waals surface area contributed by atoms with Crippen LogP contribution in [0.3, 0.4) is 0 Å². The molecule has 0 spiro atoms. The number of thioether (sulfide) groups is 1. The van der Waals surface area contributed by atoms with E-state index in [1.807, 2.05) is 12.1 Å². The highest BCUT2D eigenvalue weighted by molar-refractivity contribution is 7.99. The predicted molar refractivity (Wildman–Crippen MR) is 88.1 cm³/mol. The van der Waals surface area contributed by atoms with Crippen molar-refractivity contribution in [3.63, 3.8) is 0 Å². The van der Waals surface area contributed by atoms with E-state index in [0.717, 1.165) is 11.3 Å². The molecule has 1 aliphatic rings. The van der Waals surface area contributed by atoms with Crippen molar-refractivity contribution in [3.05, 3.63) is 24.3 Å². The second kappa shape index (κ2) is 7.50. The van der Waals surface area contributed by atoms with Gasteiger partial charge in [-0.25, -0.2) is 0 Å². The lowest BCUT2D eigenvalue weighted by molar-refractivity contribution is -0.157. The van der Waals surface area contributed by atoms with Gasteiger partial charge in [-0.05, 0) is 25.0 Å². The molecule has 6 nitrogen and oxygen atoms in total. The number of anilines is 1. The van der Waals surface area contributed by atoms with E-state index < -0.39 is 11.4 Å². The fourth-order valence-electron chi connectivity index (χ4n) is 2.53. The maximum absolute atomic E-state index is 12.2. The first-order valence-electron chi connectivity index (χ1n) is 7.46. The van der Waals surface area contributed by atoms with Crippen molar-refractivity contribution in [2.75, 3.05) is 11.1 Å². The fraction of sp³-hybridized carbons (Fsp3) is 0.438. The third kappa shape index (κ3) is 4.48. The second-order valence-electron chi connectivity index (χ2n) is 5.72. The van der Waals surface area contributed by atoms with Crippen LogP contribution in [0.4, 0.5) is 5.69 Å². The minimum absolute atomic E-state index is 0.0113. The predicted octanol–water partition coefficient (Wildman–Crippen LogP) is 2.24. The van der Waals surface area contributed by atoms with E-state index in [1.54, 1.807) is 12.1 Å². The number of benzene rings is 1. The quantitative estimate of drug-likeness (QED) is 0.631. The average Bonchev–Trinajstić information content (AvgIpc) is 2.44. The second-order valence-corrected chi connectivity index (χ2v) is 6.86. The van der Waals surface area contributed by atoms with Gasteiger partial charge in [0.25, 0.3) is 0 Å². The van der Waals surface area contributed by atoms with Crippen LogP contribution in [0.15, 0.2) is 29.2 Å². The van der Waals surface area contributed by atoms with Gasteiger partial charge in [0.05, 0.1) is 11.1 Å². The number of carbonyl (C=O) groups excluding carboxylic acids is 2. The maximum atomic E-state index is 12.2. The standard InChI is InChI=1S/C16H20N2O4S/c17-13(19)6-9-23-12-5-2-1-4-11(12)18-14(20)10-16(15(21)22)7-3-8-16/h1-2,4-5H,3,6-10H2,(H2,17,19)(H,18,20)(H,21,22). The number of carboxylic acids is 1. The van der Waals surface area contributed by atoms with Crippen LogP contribution < -0.4 is 11.1 Å². The van der Waals surface area contributed by atoms with E-state index in [9.17, 15) is 19.5 Å². The summed E-state index contributed by atoms with van der Waals surface area (Å²) in [5.41, 5.74) is 4.84. The van der Waals surface area contributed by atoms with Crippen LogP contribution in [0.25, 0.3) is 0 Å². The van der Waals surface area contributed by atoms with Gasteiger partial charge < -0.3 is 16.2 Å². The van der Waals surface area contributed by atoms with Crippen LogP contribution in [-0.2, 0) is 14.4 Å². The van der Waals surface area contributed by atoms with Crippen LogP contribution in [0.1, 0.15) is 32.1 Å². The maximum Gasteiger partial charge on any atom is 0.310 e. The van der Waals surface area contributed by atoms with E-state index in [-0.39, 0.29) is 24.7 Å². The van der Waals surface area contributed by atoms with E-state index in [4.69, 9.17) is 5.73 Å². The Balaban J connectivity index is 1.98. The van der Waals surface area contributed by atoms with Gasteiger partial charge in [-0.2, -0.15) is 0 Å². The van der Waals surface area contributed by atoms with Gasteiger partial charge in [0, 0.05) is 23.5 Å². The molecule has 7 heteroatoms. The van der Waals surface area contributed by atoms with Gasteiger partial charge in [0.1, 0.15) is 0 Å². The van der Waals surface area contributed by atoms with E-state index in [1.165, 1.54) is 11.8 Å². The highest BCUT2D eigenvalue weighted by atomic mass is 32.2. The molecule has 0 saturated heterocycles. The van der Waals surface area contributed by atoms with Crippen molar-refractivity contribution in [1.82, 2.24) is 0 Å². The summed E-state index contributed by atoms with van der Waals surface area (Å²) in [4.78, 5) is 35.2. The number of nitrogens with one attached hydrogen (secondary N) is 1. The van der Waals surface area contributed by atoms with Crippen molar-refractivity contribution < 1.29 is 19.5 Å². The number of carboxylic acid groups (broad SMARTS) is 1. The molecule has 124 valence electrons. The van der Waals surface area contributed by atoms with Crippen molar-refractivity contribution in [2.24, 2.45) is 11.1 Å². The first-order valence-corrected chi connectivity index (χ1v) is 8.45. The number of hydrogen-bond acceptors (Lipinski definition) is 4. The van der Waals surface area contributed by atoms with Gasteiger partial charge in [-0.15, -0.1) is 11.8 Å². The van der Waals surface area contributed by atoms with E-state index in [2.05, 4.69) is 5.32 Å². The fourth-order valence-corrected chi connectivity index (χ4v) is 3.50. The first kappa shape index (κ1) is 17.3. The van der Waals surface area contributed by atoms with Crippen LogP contribution >= 0.6 is 11.8 Å². The largest absolute Gasteiger partial charge is 0.481 e. The molecule has 2 rings (SSSR count). The summed E-state index contributed by atoms with van der Waals surface area (Å²) >= 11 is 1.43. The lowest BCUT2D eigenvalue weighted by Crippen LogP contribution is -2.41. The lowest BCUT2D eigenvalue weighted by Gasteiger charge is -2.36. The molecule has 23 heavy (non-hydrogen) atoms. The minimum Gasteiger partial charge on any atom is -0.481 e. The molecule has 0 heterocycles. The number of primary amides is 1. The van der Waals surface area contributed by atoms with E-state index in [0.29, 0.717) is 24.3 Å². The van der Waals surface area contributed by atoms with Crippen molar-refractivity contribution in [3.8, 4) is 0 Å². The topological polar surface area (TPSA) is 109 Å². The molecule has 1 aliphatic carbocycles. The first-order chi connectivity index (χ1) is 10.9. The summed E-state index contributed by atoms with van der Waals surface area (Å²) < 4.78 is 0. The Hall–Kier alpha value is -2.02. The number of nitrogens with two attached hydrogens (primary N) is 1. The summed E-state index contributed by atoms with van der Waals surface area (Å²) in [6, 6.07) is 7.24. The molecular weight excluding hydrogens is 316 g/mol. The molecule has 1 aromatic rings. The molecule has 1 saturated carbocycles. The molecular formula is C16H20N2O4S. The third-order valence-electron chi connectivity index (χ3n) is 4.03. The van der Waals surface area contributed by atoms with Gasteiger partial charge in [0.15, 0.2) is 0 Å². The molecule has 0 radical (unpaired) electrons. The number of amides is 2. The molecule has 0 bridgehead atoms. The van der Waals surface area contributed by atoms with Crippen LogP contribution in [0.5, 0.6) is 0 Å². The number of hydrogen-bond donors (Lipinski definition) is 3. The van der Waals surface area contributed by atoms with Crippen molar-refractivity contribution >= 4 is 35.2 Å². The number of rotatable bonds is 8. The monoisotopic (exact) mass is 336 g/mol. The Bertz CT molecular complexity index is 614. The van der Waals surface area contributed by atoms with Gasteiger partial charge in [-0.1, -0.05) is 18.6 Å². The summed E-state index contributed by atoms with van der Waals surface area (Å²) in [7, 11) is 0. The van der Waals surface area contributed by atoms with Gasteiger partial charge >= 0.3 is 5.97 Å². The number of para-hydroxylation sites is 1. The SMILES string of the molecule is NC(=O)CCSc1ccccc1NC(=O)CC1(C(=O)O)CCC1. The third-order valence-corrected chi connectivity index (χ3v) is 5.11. The molecule has 1 fully saturated rings. The Morgan fingerprint density at radius 2 is 1.96 bits per heavy atom. The molecule has 2 amide bonds. The number of aliphatic carboxylic acids is 1. The average molecular weight is 336 g/mol. The Morgan fingerprint density at radius 3 is 2.52 bits per heavy atom. The number of carbonyl (C=O) groups is 3. The molecule has 4 N–H and O–H groups in total. The lowest BCUT2D eigenvalue weighted by atomic mass is 9.66.